The first kappa shape index (κ1) is 15.0. The zero-order valence-corrected chi connectivity index (χ0v) is 12.4. The van der Waals surface area contributed by atoms with Crippen LogP contribution in [0.25, 0.3) is 0 Å². The first-order valence-electron chi connectivity index (χ1n) is 7.23. The molecule has 0 aliphatic carbocycles. The Balaban J connectivity index is 1.83. The van der Waals surface area contributed by atoms with Crippen molar-refractivity contribution in [1.29, 1.82) is 0 Å². The number of carbonyl (C=O) groups is 1. The second-order valence-corrected chi connectivity index (χ2v) is 5.86. The smallest absolute Gasteiger partial charge is 0.307 e. The van der Waals surface area contributed by atoms with Crippen LogP contribution in [0.2, 0.25) is 0 Å². The maximum absolute atomic E-state index is 10.6. The number of hydrogen-bond donors (Lipinski definition) is 1. The molecule has 0 saturated carbocycles. The number of aliphatic carboxylic acids is 1. The standard InChI is InChI=1S/C16H24N2O2/c1-17(2)15-7-9-18(10-8-15)12-14-5-3-13(4-6-14)11-16(19)20/h3-6,15H,7-12H2,1-2H3,(H,19,20). The quantitative estimate of drug-likeness (QED) is 0.891. The van der Waals surface area contributed by atoms with Gasteiger partial charge in [-0.15, -0.1) is 0 Å². The van der Waals surface area contributed by atoms with Gasteiger partial charge < -0.3 is 10.0 Å². The monoisotopic (exact) mass is 276 g/mol. The van der Waals surface area contributed by atoms with Crippen molar-refractivity contribution in [3.8, 4) is 0 Å². The van der Waals surface area contributed by atoms with E-state index in [4.69, 9.17) is 5.11 Å². The van der Waals surface area contributed by atoms with Gasteiger partial charge in [0.1, 0.15) is 0 Å². The fraction of sp³-hybridized carbons (Fsp3) is 0.562. The molecule has 1 N–H and O–H groups in total. The number of benzene rings is 1. The van der Waals surface area contributed by atoms with E-state index in [1.165, 1.54) is 18.4 Å². The van der Waals surface area contributed by atoms with Crippen LogP contribution in [0.4, 0.5) is 0 Å². The molecule has 0 bridgehead atoms. The van der Waals surface area contributed by atoms with Crippen LogP contribution in [0.1, 0.15) is 24.0 Å². The zero-order valence-electron chi connectivity index (χ0n) is 12.4. The minimum Gasteiger partial charge on any atom is -0.481 e. The normalized spacial score (nSPS) is 17.6. The lowest BCUT2D eigenvalue weighted by Crippen LogP contribution is -2.41. The second kappa shape index (κ2) is 6.86. The molecule has 0 atom stereocenters. The van der Waals surface area contributed by atoms with Gasteiger partial charge in [0.25, 0.3) is 0 Å². The van der Waals surface area contributed by atoms with Crippen molar-refractivity contribution in [2.75, 3.05) is 27.2 Å². The van der Waals surface area contributed by atoms with E-state index >= 15 is 0 Å². The molecule has 1 saturated heterocycles. The predicted octanol–water partition coefficient (Wildman–Crippen LogP) is 1.84. The van der Waals surface area contributed by atoms with Crippen LogP contribution < -0.4 is 0 Å². The van der Waals surface area contributed by atoms with E-state index < -0.39 is 5.97 Å². The fourth-order valence-corrected chi connectivity index (χ4v) is 2.79. The van der Waals surface area contributed by atoms with Crippen molar-refractivity contribution < 1.29 is 9.90 Å². The Morgan fingerprint density at radius 1 is 1.20 bits per heavy atom. The molecule has 1 aromatic carbocycles. The van der Waals surface area contributed by atoms with Crippen molar-refractivity contribution >= 4 is 5.97 Å². The first-order valence-corrected chi connectivity index (χ1v) is 7.23. The summed E-state index contributed by atoms with van der Waals surface area (Å²) in [6.45, 7) is 3.24. The minimum atomic E-state index is -0.775. The second-order valence-electron chi connectivity index (χ2n) is 5.86. The molecule has 0 amide bonds. The Kier molecular flexibility index (Phi) is 5.15. The average Bonchev–Trinajstić information content (AvgIpc) is 2.41. The summed E-state index contributed by atoms with van der Waals surface area (Å²) >= 11 is 0. The van der Waals surface area contributed by atoms with E-state index in [0.29, 0.717) is 6.04 Å². The van der Waals surface area contributed by atoms with Crippen LogP contribution in [0.5, 0.6) is 0 Å². The molecule has 1 aliphatic heterocycles. The van der Waals surface area contributed by atoms with Gasteiger partial charge in [-0.3, -0.25) is 9.69 Å². The molecule has 4 nitrogen and oxygen atoms in total. The molecule has 1 aromatic rings. The van der Waals surface area contributed by atoms with Gasteiger partial charge in [0, 0.05) is 12.6 Å². The fourth-order valence-electron chi connectivity index (χ4n) is 2.79. The molecule has 4 heteroatoms. The summed E-state index contributed by atoms with van der Waals surface area (Å²) in [5.41, 5.74) is 2.13. The Morgan fingerprint density at radius 3 is 2.25 bits per heavy atom. The molecule has 2 rings (SSSR count). The van der Waals surface area contributed by atoms with Gasteiger partial charge in [0.05, 0.1) is 6.42 Å². The average molecular weight is 276 g/mol. The van der Waals surface area contributed by atoms with E-state index in [1.54, 1.807) is 0 Å². The third-order valence-corrected chi connectivity index (χ3v) is 4.07. The highest BCUT2D eigenvalue weighted by molar-refractivity contribution is 5.70. The lowest BCUT2D eigenvalue weighted by atomic mass is 10.0. The number of carboxylic acids is 1. The number of likely N-dealkylation sites (tertiary alicyclic amines) is 1. The molecule has 0 aromatic heterocycles. The van der Waals surface area contributed by atoms with Crippen molar-refractivity contribution in [2.45, 2.75) is 31.8 Å². The molecule has 1 heterocycles. The molecule has 0 unspecified atom stereocenters. The van der Waals surface area contributed by atoms with Crippen molar-refractivity contribution in [2.24, 2.45) is 0 Å². The summed E-state index contributed by atoms with van der Waals surface area (Å²) in [5.74, 6) is -0.775. The highest BCUT2D eigenvalue weighted by atomic mass is 16.4. The first-order chi connectivity index (χ1) is 9.54. The van der Waals surface area contributed by atoms with Gasteiger partial charge in [0.2, 0.25) is 0 Å². The van der Waals surface area contributed by atoms with Crippen molar-refractivity contribution in [1.82, 2.24) is 9.80 Å². The molecular weight excluding hydrogens is 252 g/mol. The minimum absolute atomic E-state index is 0.106. The van der Waals surface area contributed by atoms with Gasteiger partial charge in [-0.25, -0.2) is 0 Å². The van der Waals surface area contributed by atoms with E-state index in [9.17, 15) is 4.79 Å². The summed E-state index contributed by atoms with van der Waals surface area (Å²) in [4.78, 5) is 15.4. The number of rotatable bonds is 5. The summed E-state index contributed by atoms with van der Waals surface area (Å²) in [6.07, 6.45) is 2.56. The van der Waals surface area contributed by atoms with Crippen molar-refractivity contribution in [3.05, 3.63) is 35.4 Å². The maximum atomic E-state index is 10.6. The lowest BCUT2D eigenvalue weighted by Gasteiger charge is -2.35. The van der Waals surface area contributed by atoms with E-state index in [1.807, 2.05) is 12.1 Å². The maximum Gasteiger partial charge on any atom is 0.307 e. The molecule has 0 spiro atoms. The van der Waals surface area contributed by atoms with Crippen LogP contribution >= 0.6 is 0 Å². The summed E-state index contributed by atoms with van der Waals surface area (Å²) in [5, 5.41) is 8.75. The molecule has 1 aliphatic rings. The third kappa shape index (κ3) is 4.32. The topological polar surface area (TPSA) is 43.8 Å². The Bertz CT molecular complexity index is 434. The van der Waals surface area contributed by atoms with Gasteiger partial charge in [0.15, 0.2) is 0 Å². The molecule has 1 fully saturated rings. The summed E-state index contributed by atoms with van der Waals surface area (Å²) in [7, 11) is 4.31. The van der Waals surface area contributed by atoms with E-state index in [2.05, 4.69) is 36.0 Å². The Labute approximate surface area is 121 Å². The number of carboxylic acid groups (broad SMARTS) is 1. The van der Waals surface area contributed by atoms with Crippen LogP contribution in [0.15, 0.2) is 24.3 Å². The van der Waals surface area contributed by atoms with Crippen molar-refractivity contribution in [3.63, 3.8) is 0 Å². The van der Waals surface area contributed by atoms with Gasteiger partial charge in [-0.05, 0) is 51.2 Å². The number of nitrogens with zero attached hydrogens (tertiary/aromatic N) is 2. The third-order valence-electron chi connectivity index (χ3n) is 4.07. The van der Waals surface area contributed by atoms with Crippen LogP contribution in [0, 0.1) is 0 Å². The number of piperidine rings is 1. The largest absolute Gasteiger partial charge is 0.481 e. The van der Waals surface area contributed by atoms with Crippen LogP contribution in [0.3, 0.4) is 0 Å². The Morgan fingerprint density at radius 2 is 1.75 bits per heavy atom. The van der Waals surface area contributed by atoms with Gasteiger partial charge in [-0.1, -0.05) is 24.3 Å². The van der Waals surface area contributed by atoms with E-state index in [0.717, 1.165) is 25.2 Å². The molecule has 0 radical (unpaired) electrons. The lowest BCUT2D eigenvalue weighted by molar-refractivity contribution is -0.136. The SMILES string of the molecule is CN(C)C1CCN(Cc2ccc(CC(=O)O)cc2)CC1. The van der Waals surface area contributed by atoms with E-state index in [-0.39, 0.29) is 6.42 Å². The highest BCUT2D eigenvalue weighted by Crippen LogP contribution is 2.17. The van der Waals surface area contributed by atoms with Gasteiger partial charge >= 0.3 is 5.97 Å². The van der Waals surface area contributed by atoms with Gasteiger partial charge in [-0.2, -0.15) is 0 Å². The van der Waals surface area contributed by atoms with Crippen LogP contribution in [-0.4, -0.2) is 54.1 Å². The summed E-state index contributed by atoms with van der Waals surface area (Å²) in [6, 6.07) is 8.67. The molecule has 110 valence electrons. The summed E-state index contributed by atoms with van der Waals surface area (Å²) < 4.78 is 0. The predicted molar refractivity (Wildman–Crippen MR) is 79.8 cm³/mol. The molecule has 20 heavy (non-hydrogen) atoms. The van der Waals surface area contributed by atoms with Crippen LogP contribution in [-0.2, 0) is 17.8 Å². The highest BCUT2D eigenvalue weighted by Gasteiger charge is 2.20. The Hall–Kier alpha value is -1.39. The molecular formula is C16H24N2O2. The zero-order chi connectivity index (χ0) is 14.5. The number of hydrogen-bond acceptors (Lipinski definition) is 3.